The molecule has 0 aliphatic heterocycles. The molecule has 0 aromatic rings. The molecular weight excluding hydrogens is 156 g/mol. The first-order valence-corrected chi connectivity index (χ1v) is 7.90. The summed E-state index contributed by atoms with van der Waals surface area (Å²) in [5, 5.41) is 0. The van der Waals surface area contributed by atoms with Gasteiger partial charge in [0.2, 0.25) is 18.0 Å². The van der Waals surface area contributed by atoms with Gasteiger partial charge in [-0.25, -0.2) is 0 Å². The average Bonchev–Trinajstić information content (AvgIpc) is 1.68. The van der Waals surface area contributed by atoms with Crippen molar-refractivity contribution >= 4 is 38.0 Å². The molecule has 0 fully saturated rings. The monoisotopic (exact) mass is 162 g/mol. The van der Waals surface area contributed by atoms with E-state index in [1.807, 2.05) is 0 Å². The van der Waals surface area contributed by atoms with E-state index in [4.69, 9.17) is 4.12 Å². The van der Waals surface area contributed by atoms with E-state index in [-0.39, 0.29) is 0 Å². The van der Waals surface area contributed by atoms with Crippen LogP contribution in [0.15, 0.2) is 0 Å². The minimum atomic E-state index is -1.41. The van der Waals surface area contributed by atoms with Crippen LogP contribution in [0, 0.1) is 0 Å². The van der Waals surface area contributed by atoms with Gasteiger partial charge in [-0.1, -0.05) is 0 Å². The lowest BCUT2D eigenvalue weighted by molar-refractivity contribution is 0.640. The maximum absolute atomic E-state index is 4.95. The minimum Gasteiger partial charge on any atom is -0.450 e. The Labute approximate surface area is 55.6 Å². The van der Waals surface area contributed by atoms with Gasteiger partial charge in [0, 0.05) is 0 Å². The standard InChI is InChI=1S/C2H6OSSi3/c1-7(2,3-5)4-6/h1-2H3. The van der Waals surface area contributed by atoms with Crippen molar-refractivity contribution in [2.45, 2.75) is 13.1 Å². The molecule has 0 aromatic carbocycles. The Hall–Kier alpha value is 0.961. The van der Waals surface area contributed by atoms with Crippen molar-refractivity contribution in [1.82, 2.24) is 0 Å². The molecule has 0 heterocycles. The van der Waals surface area contributed by atoms with Gasteiger partial charge in [-0.15, -0.1) is 0 Å². The fourth-order valence-electron chi connectivity index (χ4n) is 0.0208. The summed E-state index contributed by atoms with van der Waals surface area (Å²) >= 11 is 0. The number of hydrogen-bond donors (Lipinski definition) is 0. The summed E-state index contributed by atoms with van der Waals surface area (Å²) in [7, 11) is 6.48. The molecule has 5 heteroatoms. The van der Waals surface area contributed by atoms with E-state index in [9.17, 15) is 0 Å². The van der Waals surface area contributed by atoms with Gasteiger partial charge in [-0.3, -0.25) is 0 Å². The van der Waals surface area contributed by atoms with Crippen LogP contribution in [0.4, 0.5) is 0 Å². The third kappa shape index (κ3) is 3.54. The second kappa shape index (κ2) is 3.08. The van der Waals surface area contributed by atoms with Crippen molar-refractivity contribution in [1.29, 1.82) is 0 Å². The van der Waals surface area contributed by atoms with E-state index in [1.165, 1.54) is 0 Å². The van der Waals surface area contributed by atoms with Crippen molar-refractivity contribution in [3.63, 3.8) is 0 Å². The molecule has 0 rings (SSSR count). The summed E-state index contributed by atoms with van der Waals surface area (Å²) in [6.07, 6.45) is 0. The van der Waals surface area contributed by atoms with Crippen molar-refractivity contribution in [3.05, 3.63) is 0 Å². The van der Waals surface area contributed by atoms with Crippen molar-refractivity contribution in [3.8, 4) is 0 Å². The third-order valence-corrected chi connectivity index (χ3v) is 9.60. The highest BCUT2D eigenvalue weighted by Gasteiger charge is 2.16. The maximum atomic E-state index is 4.95. The lowest BCUT2D eigenvalue weighted by atomic mass is 11.9. The van der Waals surface area contributed by atoms with E-state index < -0.39 is 7.47 Å². The SMILES string of the molecule is C[Si](C)(O[Si])S[Si]. The summed E-state index contributed by atoms with van der Waals surface area (Å²) in [6, 6.07) is 0. The van der Waals surface area contributed by atoms with Crippen LogP contribution in [-0.4, -0.2) is 27.3 Å². The lowest BCUT2D eigenvalue weighted by Crippen LogP contribution is -2.24. The zero-order valence-electron chi connectivity index (χ0n) is 4.32. The largest absolute Gasteiger partial charge is 0.450 e. The zero-order valence-corrected chi connectivity index (χ0v) is 8.13. The van der Waals surface area contributed by atoms with Crippen LogP contribution in [-0.2, 0) is 4.12 Å². The number of rotatable bonds is 2. The molecule has 0 amide bonds. The molecule has 0 aliphatic rings. The van der Waals surface area contributed by atoms with Crippen LogP contribution in [0.3, 0.4) is 0 Å². The smallest absolute Gasteiger partial charge is 0.230 e. The molecule has 0 spiro atoms. The van der Waals surface area contributed by atoms with Crippen LogP contribution in [0.25, 0.3) is 0 Å². The molecule has 0 atom stereocenters. The predicted octanol–water partition coefficient (Wildman–Crippen LogP) is 0.605. The van der Waals surface area contributed by atoms with Gasteiger partial charge in [0.05, 0.1) is 0 Å². The van der Waals surface area contributed by atoms with Gasteiger partial charge < -0.3 is 4.12 Å². The Balaban J connectivity index is 3.36. The van der Waals surface area contributed by atoms with E-state index in [1.54, 1.807) is 10.7 Å². The van der Waals surface area contributed by atoms with Crippen LogP contribution < -0.4 is 0 Å². The molecule has 0 saturated carbocycles. The summed E-state index contributed by atoms with van der Waals surface area (Å²) in [5.74, 6) is 0. The molecule has 0 saturated heterocycles. The molecule has 0 unspecified atom stereocenters. The Morgan fingerprint density at radius 3 is 2.00 bits per heavy atom. The molecule has 0 N–H and O–H groups in total. The van der Waals surface area contributed by atoms with E-state index in [0.717, 1.165) is 0 Å². The number of hydrogen-bond acceptors (Lipinski definition) is 2. The normalized spacial score (nSPS) is 12.0. The second-order valence-electron chi connectivity index (χ2n) is 1.60. The molecule has 0 aliphatic carbocycles. The van der Waals surface area contributed by atoms with Crippen LogP contribution >= 0.6 is 10.7 Å². The molecule has 6 radical (unpaired) electrons. The predicted molar refractivity (Wildman–Crippen MR) is 37.7 cm³/mol. The van der Waals surface area contributed by atoms with Gasteiger partial charge in [0.15, 0.2) is 0 Å². The quantitative estimate of drug-likeness (QED) is 0.550. The van der Waals surface area contributed by atoms with Gasteiger partial charge in [0.1, 0.15) is 9.39 Å². The minimum absolute atomic E-state index is 1.41. The topological polar surface area (TPSA) is 9.23 Å². The van der Waals surface area contributed by atoms with Gasteiger partial charge in [0.25, 0.3) is 0 Å². The summed E-state index contributed by atoms with van der Waals surface area (Å²) in [6.45, 7) is 4.16. The molecule has 0 bridgehead atoms. The van der Waals surface area contributed by atoms with Crippen LogP contribution in [0.5, 0.6) is 0 Å². The van der Waals surface area contributed by atoms with Gasteiger partial charge in [-0.2, -0.15) is 10.7 Å². The van der Waals surface area contributed by atoms with Crippen molar-refractivity contribution in [2.24, 2.45) is 0 Å². The summed E-state index contributed by atoms with van der Waals surface area (Å²) in [4.78, 5) is 0. The van der Waals surface area contributed by atoms with E-state index in [2.05, 4.69) is 33.0 Å². The van der Waals surface area contributed by atoms with E-state index in [0.29, 0.717) is 0 Å². The van der Waals surface area contributed by atoms with E-state index >= 15 is 0 Å². The highest BCUT2D eigenvalue weighted by molar-refractivity contribution is 8.43. The molecule has 38 valence electrons. The van der Waals surface area contributed by atoms with Crippen molar-refractivity contribution < 1.29 is 4.12 Å². The third-order valence-electron chi connectivity index (χ3n) is 0.492. The first-order valence-electron chi connectivity index (χ1n) is 1.82. The fraction of sp³-hybridized carbons (Fsp3) is 1.00. The van der Waals surface area contributed by atoms with Crippen molar-refractivity contribution in [2.75, 3.05) is 0 Å². The first kappa shape index (κ1) is 7.96. The average molecular weight is 162 g/mol. The Bertz CT molecular complexity index is 50.9. The highest BCUT2D eigenvalue weighted by Crippen LogP contribution is 2.14. The lowest BCUT2D eigenvalue weighted by Gasteiger charge is -2.15. The molecular formula is C2H6OSSi3. The highest BCUT2D eigenvalue weighted by atomic mass is 32.5. The van der Waals surface area contributed by atoms with Gasteiger partial charge >= 0.3 is 0 Å². The van der Waals surface area contributed by atoms with Crippen LogP contribution in [0.1, 0.15) is 0 Å². The molecule has 1 nitrogen and oxygen atoms in total. The summed E-state index contributed by atoms with van der Waals surface area (Å²) < 4.78 is 4.95. The zero-order chi connectivity index (χ0) is 5.91. The second-order valence-corrected chi connectivity index (χ2v) is 10.8. The Morgan fingerprint density at radius 2 is 2.00 bits per heavy atom. The fourth-order valence-corrected chi connectivity index (χ4v) is 1.69. The molecule has 7 heavy (non-hydrogen) atoms. The Morgan fingerprint density at radius 1 is 1.57 bits per heavy atom. The Kier molecular flexibility index (Phi) is 3.50. The molecule has 0 aromatic heterocycles. The van der Waals surface area contributed by atoms with Crippen LogP contribution in [0.2, 0.25) is 13.1 Å². The summed E-state index contributed by atoms with van der Waals surface area (Å²) in [5.41, 5.74) is 0. The van der Waals surface area contributed by atoms with Gasteiger partial charge in [-0.05, 0) is 13.1 Å². The first-order chi connectivity index (χ1) is 3.12. The maximum Gasteiger partial charge on any atom is 0.230 e.